The molecule has 1 aromatic carbocycles. The Balaban J connectivity index is 1.94. The lowest BCUT2D eigenvalue weighted by Crippen LogP contribution is -2.06. The Morgan fingerprint density at radius 2 is 2.39 bits per heavy atom. The molecule has 0 bridgehead atoms. The van der Waals surface area contributed by atoms with Crippen LogP contribution in [0.4, 0.5) is 5.69 Å². The number of aromatic nitrogens is 1. The lowest BCUT2D eigenvalue weighted by Gasteiger charge is -1.99. The molecular weight excluding hydrogens is 252 g/mol. The van der Waals surface area contributed by atoms with Crippen LogP contribution in [0.1, 0.15) is 12.8 Å². The number of rotatable bonds is 5. The van der Waals surface area contributed by atoms with Gasteiger partial charge < -0.3 is 14.9 Å². The summed E-state index contributed by atoms with van der Waals surface area (Å²) in [6.45, 7) is 2.19. The fourth-order valence-corrected chi connectivity index (χ4v) is 2.13. The molecule has 2 aromatic rings. The molecule has 0 radical (unpaired) electrons. The van der Waals surface area contributed by atoms with E-state index in [0.717, 1.165) is 5.52 Å². The first-order valence-electron chi connectivity index (χ1n) is 5.57. The monoisotopic (exact) mass is 266 g/mol. The first-order chi connectivity index (χ1) is 8.69. The van der Waals surface area contributed by atoms with Crippen LogP contribution in [0.2, 0.25) is 0 Å². The zero-order chi connectivity index (χ0) is 13.0. The number of carbonyl (C=O) groups is 1. The number of ether oxygens (including phenoxy) is 1. The number of benzene rings is 1. The average molecular weight is 266 g/mol. The van der Waals surface area contributed by atoms with E-state index in [9.17, 15) is 4.79 Å². The Kier molecular flexibility index (Phi) is 4.09. The van der Waals surface area contributed by atoms with Crippen LogP contribution in [0, 0.1) is 0 Å². The van der Waals surface area contributed by atoms with E-state index in [2.05, 4.69) is 4.98 Å². The summed E-state index contributed by atoms with van der Waals surface area (Å²) in [5.74, 6) is 1.20. The molecule has 5 nitrogen and oxygen atoms in total. The zero-order valence-electron chi connectivity index (χ0n) is 10.0. The second kappa shape index (κ2) is 5.77. The second-order valence-electron chi connectivity index (χ2n) is 3.63. The number of nitrogens with two attached hydrogens (primary N) is 1. The molecule has 18 heavy (non-hydrogen) atoms. The maximum Gasteiger partial charge on any atom is 0.315 e. The summed E-state index contributed by atoms with van der Waals surface area (Å²) < 4.78 is 10.4. The smallest absolute Gasteiger partial charge is 0.315 e. The highest BCUT2D eigenvalue weighted by molar-refractivity contribution is 7.99. The van der Waals surface area contributed by atoms with Crippen molar-refractivity contribution in [1.29, 1.82) is 0 Å². The normalized spacial score (nSPS) is 10.7. The van der Waals surface area contributed by atoms with Crippen molar-refractivity contribution in [3.8, 4) is 0 Å². The van der Waals surface area contributed by atoms with Crippen molar-refractivity contribution in [1.82, 2.24) is 4.98 Å². The van der Waals surface area contributed by atoms with Crippen LogP contribution in [0.15, 0.2) is 22.6 Å². The molecule has 2 N–H and O–H groups in total. The Morgan fingerprint density at radius 3 is 3.17 bits per heavy atom. The van der Waals surface area contributed by atoms with Crippen LogP contribution >= 0.6 is 11.8 Å². The standard InChI is InChI=1S/C12H14N2O3S/c1-2-16-12(15)7-18-6-11-14-9-4-3-8(13)5-10(9)17-11/h3-5H,2,6-7,13H2,1H3. The summed E-state index contributed by atoms with van der Waals surface area (Å²) in [5, 5.41) is 0. The minimum absolute atomic E-state index is 0.220. The Morgan fingerprint density at radius 1 is 1.56 bits per heavy atom. The highest BCUT2D eigenvalue weighted by Gasteiger charge is 2.08. The summed E-state index contributed by atoms with van der Waals surface area (Å²) >= 11 is 1.41. The van der Waals surface area contributed by atoms with E-state index in [1.54, 1.807) is 19.1 Å². The van der Waals surface area contributed by atoms with Gasteiger partial charge in [0.2, 0.25) is 5.89 Å². The second-order valence-corrected chi connectivity index (χ2v) is 4.62. The lowest BCUT2D eigenvalue weighted by atomic mass is 10.3. The third-order valence-corrected chi connectivity index (χ3v) is 3.10. The van der Waals surface area contributed by atoms with Crippen molar-refractivity contribution in [2.45, 2.75) is 12.7 Å². The van der Waals surface area contributed by atoms with E-state index < -0.39 is 0 Å². The molecule has 0 spiro atoms. The maximum absolute atomic E-state index is 11.1. The summed E-state index contributed by atoms with van der Waals surface area (Å²) in [6.07, 6.45) is 0. The molecule has 0 saturated carbocycles. The molecular formula is C12H14N2O3S. The zero-order valence-corrected chi connectivity index (χ0v) is 10.8. The molecule has 0 atom stereocenters. The van der Waals surface area contributed by atoms with E-state index in [-0.39, 0.29) is 5.97 Å². The Bertz CT molecular complexity index is 553. The van der Waals surface area contributed by atoms with Gasteiger partial charge in [-0.15, -0.1) is 11.8 Å². The van der Waals surface area contributed by atoms with E-state index >= 15 is 0 Å². The lowest BCUT2D eigenvalue weighted by molar-refractivity contribution is -0.139. The van der Waals surface area contributed by atoms with Gasteiger partial charge in [-0.1, -0.05) is 0 Å². The van der Waals surface area contributed by atoms with Gasteiger partial charge in [-0.25, -0.2) is 4.98 Å². The Hall–Kier alpha value is -1.69. The van der Waals surface area contributed by atoms with Crippen molar-refractivity contribution in [3.63, 3.8) is 0 Å². The number of anilines is 1. The van der Waals surface area contributed by atoms with Crippen molar-refractivity contribution >= 4 is 34.5 Å². The highest BCUT2D eigenvalue weighted by atomic mass is 32.2. The fourth-order valence-electron chi connectivity index (χ4n) is 1.47. The van der Waals surface area contributed by atoms with Crippen molar-refractivity contribution in [2.75, 3.05) is 18.1 Å². The molecule has 0 amide bonds. The van der Waals surface area contributed by atoms with Crippen molar-refractivity contribution in [3.05, 3.63) is 24.1 Å². The minimum atomic E-state index is -0.220. The van der Waals surface area contributed by atoms with Crippen LogP contribution in [0.3, 0.4) is 0 Å². The van der Waals surface area contributed by atoms with Gasteiger partial charge in [0.25, 0.3) is 0 Å². The molecule has 1 heterocycles. The summed E-state index contributed by atoms with van der Waals surface area (Å²) in [4.78, 5) is 15.4. The van der Waals surface area contributed by atoms with Crippen LogP contribution in [-0.4, -0.2) is 23.3 Å². The van der Waals surface area contributed by atoms with Gasteiger partial charge in [0.05, 0.1) is 18.1 Å². The van der Waals surface area contributed by atoms with Gasteiger partial charge in [-0.2, -0.15) is 0 Å². The van der Waals surface area contributed by atoms with Gasteiger partial charge in [-0.05, 0) is 19.1 Å². The fraction of sp³-hybridized carbons (Fsp3) is 0.333. The summed E-state index contributed by atoms with van der Waals surface area (Å²) in [5.41, 5.74) is 7.74. The van der Waals surface area contributed by atoms with E-state index in [4.69, 9.17) is 14.9 Å². The SMILES string of the molecule is CCOC(=O)CSCc1nc2ccc(N)cc2o1. The Labute approximate surface area is 109 Å². The molecule has 6 heteroatoms. The van der Waals surface area contributed by atoms with E-state index in [1.807, 2.05) is 6.07 Å². The molecule has 2 rings (SSSR count). The third-order valence-electron chi connectivity index (χ3n) is 2.21. The number of oxazole rings is 1. The maximum atomic E-state index is 11.1. The van der Waals surface area contributed by atoms with Crippen molar-refractivity contribution in [2.24, 2.45) is 0 Å². The van der Waals surface area contributed by atoms with Gasteiger partial charge in [-0.3, -0.25) is 4.79 Å². The van der Waals surface area contributed by atoms with Crippen LogP contribution in [-0.2, 0) is 15.3 Å². The van der Waals surface area contributed by atoms with Crippen molar-refractivity contribution < 1.29 is 13.9 Å². The van der Waals surface area contributed by atoms with Crippen LogP contribution < -0.4 is 5.73 Å². The number of nitrogen functional groups attached to an aromatic ring is 1. The van der Waals surface area contributed by atoms with E-state index in [0.29, 0.717) is 35.3 Å². The average Bonchev–Trinajstić information content (AvgIpc) is 2.71. The number of thioether (sulfide) groups is 1. The number of nitrogens with zero attached hydrogens (tertiary/aromatic N) is 1. The first-order valence-corrected chi connectivity index (χ1v) is 6.73. The van der Waals surface area contributed by atoms with Gasteiger partial charge >= 0.3 is 5.97 Å². The molecule has 0 aliphatic rings. The quantitative estimate of drug-likeness (QED) is 0.660. The molecule has 0 fully saturated rings. The van der Waals surface area contributed by atoms with E-state index in [1.165, 1.54) is 11.8 Å². The number of hydrogen-bond donors (Lipinski definition) is 1. The molecule has 0 saturated heterocycles. The molecule has 0 unspecified atom stereocenters. The predicted molar refractivity (Wildman–Crippen MR) is 71.2 cm³/mol. The molecule has 1 aromatic heterocycles. The summed E-state index contributed by atoms with van der Waals surface area (Å²) in [6, 6.07) is 5.33. The minimum Gasteiger partial charge on any atom is -0.465 e. The predicted octanol–water partition coefficient (Wildman–Crippen LogP) is 2.21. The number of carbonyl (C=O) groups excluding carboxylic acids is 1. The third kappa shape index (κ3) is 3.16. The van der Waals surface area contributed by atoms with Crippen LogP contribution in [0.5, 0.6) is 0 Å². The number of hydrogen-bond acceptors (Lipinski definition) is 6. The first kappa shape index (κ1) is 12.8. The molecule has 96 valence electrons. The topological polar surface area (TPSA) is 78.3 Å². The summed E-state index contributed by atoms with van der Waals surface area (Å²) in [7, 11) is 0. The largest absolute Gasteiger partial charge is 0.465 e. The van der Waals surface area contributed by atoms with Crippen LogP contribution in [0.25, 0.3) is 11.1 Å². The number of fused-ring (bicyclic) bond motifs is 1. The highest BCUT2D eigenvalue weighted by Crippen LogP contribution is 2.21. The van der Waals surface area contributed by atoms with Gasteiger partial charge in [0, 0.05) is 11.8 Å². The van der Waals surface area contributed by atoms with Gasteiger partial charge in [0.1, 0.15) is 5.52 Å². The molecule has 0 aliphatic heterocycles. The molecule has 0 aliphatic carbocycles. The number of esters is 1. The van der Waals surface area contributed by atoms with Gasteiger partial charge in [0.15, 0.2) is 5.58 Å².